The van der Waals surface area contributed by atoms with Crippen molar-refractivity contribution in [3.63, 3.8) is 0 Å². The molecule has 0 saturated heterocycles. The van der Waals surface area contributed by atoms with Crippen LogP contribution in [0.15, 0.2) is 24.3 Å². The predicted octanol–water partition coefficient (Wildman–Crippen LogP) is 3.69. The maximum Gasteiger partial charge on any atom is 0.119 e. The molecule has 0 aliphatic heterocycles. The fourth-order valence-corrected chi connectivity index (χ4v) is 3.07. The van der Waals surface area contributed by atoms with Crippen molar-refractivity contribution in [1.82, 2.24) is 0 Å². The smallest absolute Gasteiger partial charge is 0.119 e. The second-order valence-corrected chi connectivity index (χ2v) is 6.04. The minimum absolute atomic E-state index is 0.410. The van der Waals surface area contributed by atoms with Crippen molar-refractivity contribution >= 4 is 17.2 Å². The van der Waals surface area contributed by atoms with E-state index in [0.717, 1.165) is 17.2 Å². The lowest BCUT2D eigenvalue weighted by molar-refractivity contribution is -0.0228. The van der Waals surface area contributed by atoms with Crippen molar-refractivity contribution < 1.29 is 9.47 Å². The Hall–Kier alpha value is -1.13. The highest BCUT2D eigenvalue weighted by molar-refractivity contribution is 7.80. The molecule has 0 spiro atoms. The van der Waals surface area contributed by atoms with Gasteiger partial charge in [-0.3, -0.25) is 0 Å². The van der Waals surface area contributed by atoms with Crippen LogP contribution in [0.25, 0.3) is 0 Å². The number of ether oxygens (including phenoxy) is 2. The molecule has 2 unspecified atom stereocenters. The van der Waals surface area contributed by atoms with E-state index < -0.39 is 0 Å². The zero-order valence-corrected chi connectivity index (χ0v) is 13.5. The third kappa shape index (κ3) is 4.97. The van der Waals surface area contributed by atoms with Gasteiger partial charge in [0.15, 0.2) is 0 Å². The average Bonchev–Trinajstić information content (AvgIpc) is 2.52. The van der Waals surface area contributed by atoms with Crippen molar-refractivity contribution in [1.29, 1.82) is 0 Å². The van der Waals surface area contributed by atoms with Crippen LogP contribution in [-0.4, -0.2) is 24.3 Å². The summed E-state index contributed by atoms with van der Waals surface area (Å²) in [6.45, 7) is 3.49. The summed E-state index contributed by atoms with van der Waals surface area (Å²) in [5.74, 6) is 1.55. The van der Waals surface area contributed by atoms with Crippen LogP contribution in [0.2, 0.25) is 0 Å². The first-order valence-corrected chi connectivity index (χ1v) is 8.25. The van der Waals surface area contributed by atoms with Gasteiger partial charge in [0.1, 0.15) is 17.3 Å². The number of nitrogens with two attached hydrogens (primary N) is 1. The topological polar surface area (TPSA) is 44.5 Å². The lowest BCUT2D eigenvalue weighted by Gasteiger charge is -2.30. The van der Waals surface area contributed by atoms with Crippen LogP contribution < -0.4 is 10.5 Å². The minimum atomic E-state index is 0.410. The van der Waals surface area contributed by atoms with E-state index in [-0.39, 0.29) is 0 Å². The quantitative estimate of drug-likeness (QED) is 0.616. The van der Waals surface area contributed by atoms with Gasteiger partial charge >= 0.3 is 0 Å². The maximum absolute atomic E-state index is 6.00. The Kier molecular flexibility index (Phi) is 6.46. The van der Waals surface area contributed by atoms with Crippen molar-refractivity contribution in [3.05, 3.63) is 29.8 Å². The zero-order valence-electron chi connectivity index (χ0n) is 12.7. The molecule has 1 aliphatic rings. The van der Waals surface area contributed by atoms with E-state index in [1.807, 2.05) is 24.3 Å². The maximum atomic E-state index is 6.00. The molecule has 1 saturated carbocycles. The Bertz CT molecular complexity index is 447. The first-order valence-electron chi connectivity index (χ1n) is 7.85. The van der Waals surface area contributed by atoms with Gasteiger partial charge in [-0.2, -0.15) is 0 Å². The van der Waals surface area contributed by atoms with Gasteiger partial charge in [-0.25, -0.2) is 0 Å². The standard InChI is InChI=1S/C17H25NO2S/c1-2-13-5-3-4-6-16(13)20-12-11-19-15-9-7-14(8-10-15)17(18)21/h7-10,13,16H,2-6,11-12H2,1H3,(H2,18,21). The fraction of sp³-hybridized carbons (Fsp3) is 0.588. The molecule has 0 aromatic heterocycles. The Morgan fingerprint density at radius 1 is 1.19 bits per heavy atom. The molecule has 1 fully saturated rings. The summed E-state index contributed by atoms with van der Waals surface area (Å²) >= 11 is 4.92. The minimum Gasteiger partial charge on any atom is -0.491 e. The predicted molar refractivity (Wildman–Crippen MR) is 89.8 cm³/mol. The first kappa shape index (κ1) is 16.2. The Morgan fingerprint density at radius 2 is 1.90 bits per heavy atom. The molecular formula is C17H25NO2S. The van der Waals surface area contributed by atoms with E-state index in [1.165, 1.54) is 32.1 Å². The molecular weight excluding hydrogens is 282 g/mol. The second kappa shape index (κ2) is 8.35. The Morgan fingerprint density at radius 3 is 2.57 bits per heavy atom. The molecule has 21 heavy (non-hydrogen) atoms. The van der Waals surface area contributed by atoms with E-state index >= 15 is 0 Å². The van der Waals surface area contributed by atoms with Crippen LogP contribution in [0.4, 0.5) is 0 Å². The second-order valence-electron chi connectivity index (χ2n) is 5.60. The molecule has 0 amide bonds. The molecule has 1 aliphatic carbocycles. The number of rotatable bonds is 7. The molecule has 1 aromatic rings. The number of thiocarbonyl (C=S) groups is 1. The summed E-state index contributed by atoms with van der Waals surface area (Å²) < 4.78 is 11.7. The lowest BCUT2D eigenvalue weighted by Crippen LogP contribution is -2.28. The van der Waals surface area contributed by atoms with E-state index in [4.69, 9.17) is 27.4 Å². The Labute approximate surface area is 132 Å². The molecule has 3 nitrogen and oxygen atoms in total. The molecule has 1 aromatic carbocycles. The molecule has 2 rings (SSSR count). The summed E-state index contributed by atoms with van der Waals surface area (Å²) in [4.78, 5) is 0.410. The first-order chi connectivity index (χ1) is 10.2. The summed E-state index contributed by atoms with van der Waals surface area (Å²) in [5, 5.41) is 0. The van der Waals surface area contributed by atoms with Crippen LogP contribution in [0, 0.1) is 5.92 Å². The van der Waals surface area contributed by atoms with Crippen LogP contribution in [0.3, 0.4) is 0 Å². The third-order valence-electron chi connectivity index (χ3n) is 4.19. The third-order valence-corrected chi connectivity index (χ3v) is 4.42. The average molecular weight is 307 g/mol. The van der Waals surface area contributed by atoms with E-state index in [9.17, 15) is 0 Å². The van der Waals surface area contributed by atoms with Gasteiger partial charge in [-0.15, -0.1) is 0 Å². The van der Waals surface area contributed by atoms with Gasteiger partial charge in [0.05, 0.1) is 12.7 Å². The SMILES string of the molecule is CCC1CCCCC1OCCOc1ccc(C(N)=S)cc1. The molecule has 116 valence electrons. The van der Waals surface area contributed by atoms with Crippen LogP contribution in [0.5, 0.6) is 5.75 Å². The van der Waals surface area contributed by atoms with Crippen LogP contribution in [-0.2, 0) is 4.74 Å². The largest absolute Gasteiger partial charge is 0.491 e. The van der Waals surface area contributed by atoms with Crippen molar-refractivity contribution in [2.75, 3.05) is 13.2 Å². The number of benzene rings is 1. The summed E-state index contributed by atoms with van der Waals surface area (Å²) in [5.41, 5.74) is 6.43. The molecule has 2 atom stereocenters. The summed E-state index contributed by atoms with van der Waals surface area (Å²) in [6, 6.07) is 7.55. The summed E-state index contributed by atoms with van der Waals surface area (Å²) in [7, 11) is 0. The van der Waals surface area contributed by atoms with E-state index in [1.54, 1.807) is 0 Å². The molecule has 2 N–H and O–H groups in total. The number of hydrogen-bond acceptors (Lipinski definition) is 3. The van der Waals surface area contributed by atoms with Gasteiger partial charge in [0.2, 0.25) is 0 Å². The van der Waals surface area contributed by atoms with Crippen LogP contribution in [0.1, 0.15) is 44.6 Å². The van der Waals surface area contributed by atoms with Crippen LogP contribution >= 0.6 is 12.2 Å². The highest BCUT2D eigenvalue weighted by Crippen LogP contribution is 2.29. The zero-order chi connectivity index (χ0) is 15.1. The van der Waals surface area contributed by atoms with Gasteiger partial charge in [0.25, 0.3) is 0 Å². The molecule has 4 heteroatoms. The normalized spacial score (nSPS) is 22.0. The lowest BCUT2D eigenvalue weighted by atomic mass is 9.85. The highest BCUT2D eigenvalue weighted by atomic mass is 32.1. The number of hydrogen-bond donors (Lipinski definition) is 1. The van der Waals surface area contributed by atoms with Crippen molar-refractivity contribution in [3.8, 4) is 5.75 Å². The highest BCUT2D eigenvalue weighted by Gasteiger charge is 2.23. The van der Waals surface area contributed by atoms with E-state index in [2.05, 4.69) is 6.92 Å². The van der Waals surface area contributed by atoms with Crippen molar-refractivity contribution in [2.45, 2.75) is 45.1 Å². The van der Waals surface area contributed by atoms with Gasteiger partial charge < -0.3 is 15.2 Å². The molecule has 0 heterocycles. The molecule has 0 bridgehead atoms. The monoisotopic (exact) mass is 307 g/mol. The Balaban J connectivity index is 1.70. The van der Waals surface area contributed by atoms with Gasteiger partial charge in [-0.05, 0) is 43.0 Å². The van der Waals surface area contributed by atoms with Crippen molar-refractivity contribution in [2.24, 2.45) is 11.7 Å². The van der Waals surface area contributed by atoms with E-state index in [0.29, 0.717) is 24.3 Å². The van der Waals surface area contributed by atoms with Gasteiger partial charge in [-0.1, -0.05) is 38.4 Å². The molecule has 0 radical (unpaired) electrons. The summed E-state index contributed by atoms with van der Waals surface area (Å²) in [6.07, 6.45) is 6.78. The van der Waals surface area contributed by atoms with Gasteiger partial charge in [0, 0.05) is 5.56 Å². The fourth-order valence-electron chi connectivity index (χ4n) is 2.93.